The van der Waals surface area contributed by atoms with E-state index in [1.807, 2.05) is 6.26 Å². The van der Waals surface area contributed by atoms with Crippen molar-refractivity contribution in [3.63, 3.8) is 0 Å². The maximum Gasteiger partial charge on any atom is 0.416 e. The number of benzene rings is 1. The van der Waals surface area contributed by atoms with Crippen LogP contribution in [0.15, 0.2) is 34.4 Å². The molecule has 0 saturated heterocycles. The molecule has 0 saturated carbocycles. The van der Waals surface area contributed by atoms with E-state index in [2.05, 4.69) is 16.9 Å². The first kappa shape index (κ1) is 15.7. The SMILES string of the molecule is CSc1nc2c(c(-c3ccc(C(F)(F)F)cc3)n1)CC(C)S2. The van der Waals surface area contributed by atoms with Crippen molar-refractivity contribution >= 4 is 23.5 Å². The maximum atomic E-state index is 12.7. The van der Waals surface area contributed by atoms with Gasteiger partial charge in [0.15, 0.2) is 5.16 Å². The van der Waals surface area contributed by atoms with E-state index >= 15 is 0 Å². The third kappa shape index (κ3) is 2.96. The molecule has 1 aromatic carbocycles. The molecule has 116 valence electrons. The van der Waals surface area contributed by atoms with Gasteiger partial charge in [-0.1, -0.05) is 30.8 Å². The molecule has 7 heteroatoms. The number of rotatable bonds is 2. The van der Waals surface area contributed by atoms with E-state index in [0.717, 1.165) is 34.8 Å². The van der Waals surface area contributed by atoms with Crippen molar-refractivity contribution in [2.45, 2.75) is 35.0 Å². The van der Waals surface area contributed by atoms with Crippen LogP contribution in [0.4, 0.5) is 13.2 Å². The van der Waals surface area contributed by atoms with Crippen molar-refractivity contribution in [2.75, 3.05) is 6.26 Å². The summed E-state index contributed by atoms with van der Waals surface area (Å²) in [5.41, 5.74) is 1.85. The van der Waals surface area contributed by atoms with E-state index in [1.165, 1.54) is 23.9 Å². The summed E-state index contributed by atoms with van der Waals surface area (Å²) in [7, 11) is 0. The van der Waals surface area contributed by atoms with Gasteiger partial charge in [-0.05, 0) is 24.8 Å². The summed E-state index contributed by atoms with van der Waals surface area (Å²) in [4.78, 5) is 9.02. The van der Waals surface area contributed by atoms with E-state index < -0.39 is 11.7 Å². The van der Waals surface area contributed by atoms with Crippen LogP contribution in [0.2, 0.25) is 0 Å². The van der Waals surface area contributed by atoms with Crippen molar-refractivity contribution in [2.24, 2.45) is 0 Å². The molecule has 0 N–H and O–H groups in total. The number of nitrogens with zero attached hydrogens (tertiary/aromatic N) is 2. The predicted molar refractivity (Wildman–Crippen MR) is 83.3 cm³/mol. The lowest BCUT2D eigenvalue weighted by Gasteiger charge is -2.10. The zero-order chi connectivity index (χ0) is 15.9. The number of alkyl halides is 3. The monoisotopic (exact) mass is 342 g/mol. The Morgan fingerprint density at radius 2 is 1.86 bits per heavy atom. The zero-order valence-corrected chi connectivity index (χ0v) is 13.6. The molecule has 22 heavy (non-hydrogen) atoms. The Balaban J connectivity index is 2.07. The molecule has 0 bridgehead atoms. The number of thioether (sulfide) groups is 2. The molecule has 3 rings (SSSR count). The van der Waals surface area contributed by atoms with E-state index in [1.54, 1.807) is 11.8 Å². The second-order valence-electron chi connectivity index (χ2n) is 5.05. The maximum absolute atomic E-state index is 12.7. The van der Waals surface area contributed by atoms with Crippen LogP contribution in [0.3, 0.4) is 0 Å². The molecule has 0 spiro atoms. The Labute approximate surface area is 134 Å². The topological polar surface area (TPSA) is 25.8 Å². The van der Waals surface area contributed by atoms with Gasteiger partial charge in [-0.2, -0.15) is 13.2 Å². The Bertz CT molecular complexity index is 699. The number of hydrogen-bond acceptors (Lipinski definition) is 4. The van der Waals surface area contributed by atoms with Crippen molar-refractivity contribution in [3.05, 3.63) is 35.4 Å². The highest BCUT2D eigenvalue weighted by molar-refractivity contribution is 8.00. The highest BCUT2D eigenvalue weighted by Gasteiger charge is 2.31. The van der Waals surface area contributed by atoms with E-state index in [-0.39, 0.29) is 0 Å². The van der Waals surface area contributed by atoms with E-state index in [4.69, 9.17) is 0 Å². The highest BCUT2D eigenvalue weighted by Crippen LogP contribution is 2.41. The molecule has 2 aromatic rings. The van der Waals surface area contributed by atoms with Crippen molar-refractivity contribution in [1.82, 2.24) is 9.97 Å². The minimum Gasteiger partial charge on any atom is -0.222 e. The highest BCUT2D eigenvalue weighted by atomic mass is 32.2. The minimum atomic E-state index is -4.32. The number of halogens is 3. The lowest BCUT2D eigenvalue weighted by molar-refractivity contribution is -0.137. The molecule has 0 amide bonds. The second kappa shape index (κ2) is 5.77. The average Bonchev–Trinajstić information content (AvgIpc) is 2.85. The quantitative estimate of drug-likeness (QED) is 0.439. The molecule has 1 aromatic heterocycles. The summed E-state index contributed by atoms with van der Waals surface area (Å²) in [5, 5.41) is 2.01. The van der Waals surface area contributed by atoms with Gasteiger partial charge >= 0.3 is 6.18 Å². The Hall–Kier alpha value is -1.21. The molecular formula is C15H13F3N2S2. The Morgan fingerprint density at radius 3 is 2.45 bits per heavy atom. The molecule has 2 heterocycles. The van der Waals surface area contributed by atoms with Gasteiger partial charge in [-0.3, -0.25) is 0 Å². The largest absolute Gasteiger partial charge is 0.416 e. The van der Waals surface area contributed by atoms with Crippen LogP contribution < -0.4 is 0 Å². The lowest BCUT2D eigenvalue weighted by atomic mass is 10.0. The number of fused-ring (bicyclic) bond motifs is 1. The summed E-state index contributed by atoms with van der Waals surface area (Å²) < 4.78 is 38.0. The molecule has 1 aliphatic heterocycles. The van der Waals surface area contributed by atoms with Gasteiger partial charge in [0.25, 0.3) is 0 Å². The van der Waals surface area contributed by atoms with E-state index in [9.17, 15) is 13.2 Å². The molecular weight excluding hydrogens is 329 g/mol. The first-order chi connectivity index (χ1) is 10.4. The van der Waals surface area contributed by atoms with Gasteiger partial charge in [0.05, 0.1) is 11.3 Å². The van der Waals surface area contributed by atoms with Crippen LogP contribution in [-0.4, -0.2) is 21.5 Å². The molecule has 0 fully saturated rings. The van der Waals surface area contributed by atoms with Crippen LogP contribution in [0.5, 0.6) is 0 Å². The summed E-state index contributed by atoms with van der Waals surface area (Å²) >= 11 is 3.13. The Morgan fingerprint density at radius 1 is 1.18 bits per heavy atom. The third-order valence-electron chi connectivity index (χ3n) is 3.42. The van der Waals surface area contributed by atoms with Crippen molar-refractivity contribution < 1.29 is 13.2 Å². The smallest absolute Gasteiger partial charge is 0.222 e. The van der Waals surface area contributed by atoms with Gasteiger partial charge < -0.3 is 0 Å². The number of aromatic nitrogens is 2. The zero-order valence-electron chi connectivity index (χ0n) is 11.9. The second-order valence-corrected chi connectivity index (χ2v) is 7.25. The van der Waals surface area contributed by atoms with Crippen molar-refractivity contribution in [1.29, 1.82) is 0 Å². The fraction of sp³-hybridized carbons (Fsp3) is 0.333. The van der Waals surface area contributed by atoms with Gasteiger partial charge in [0.2, 0.25) is 0 Å². The van der Waals surface area contributed by atoms with E-state index in [0.29, 0.717) is 16.0 Å². The van der Waals surface area contributed by atoms with Crippen molar-refractivity contribution in [3.8, 4) is 11.3 Å². The lowest BCUT2D eigenvalue weighted by Crippen LogP contribution is -2.04. The fourth-order valence-electron chi connectivity index (χ4n) is 2.39. The minimum absolute atomic E-state index is 0.412. The molecule has 1 unspecified atom stereocenters. The molecule has 2 nitrogen and oxygen atoms in total. The molecule has 1 atom stereocenters. The van der Waals surface area contributed by atoms with Crippen LogP contribution in [0, 0.1) is 0 Å². The van der Waals surface area contributed by atoms with Crippen LogP contribution in [0.25, 0.3) is 11.3 Å². The average molecular weight is 342 g/mol. The summed E-state index contributed by atoms with van der Waals surface area (Å²) in [6.07, 6.45) is -1.59. The molecule has 1 aliphatic rings. The fourth-order valence-corrected chi connectivity index (χ4v) is 3.91. The first-order valence-electron chi connectivity index (χ1n) is 6.67. The normalized spacial score (nSPS) is 17.6. The predicted octanol–water partition coefficient (Wildman–Crippen LogP) is 4.92. The van der Waals surface area contributed by atoms with Crippen LogP contribution in [0.1, 0.15) is 18.1 Å². The van der Waals surface area contributed by atoms with Gasteiger partial charge in [0, 0.05) is 16.4 Å². The third-order valence-corrected chi connectivity index (χ3v) is 5.10. The van der Waals surface area contributed by atoms with Gasteiger partial charge in [-0.15, -0.1) is 11.8 Å². The number of hydrogen-bond donors (Lipinski definition) is 0. The van der Waals surface area contributed by atoms with Gasteiger partial charge in [-0.25, -0.2) is 9.97 Å². The summed E-state index contributed by atoms with van der Waals surface area (Å²) in [6, 6.07) is 5.19. The summed E-state index contributed by atoms with van der Waals surface area (Å²) in [5.74, 6) is 0. The first-order valence-corrected chi connectivity index (χ1v) is 8.78. The molecule has 0 aliphatic carbocycles. The standard InChI is InChI=1S/C15H13F3N2S2/c1-8-7-11-12(19-14(21-2)20-13(11)22-8)9-3-5-10(6-4-9)15(16,17)18/h3-6,8H,7H2,1-2H3. The van der Waals surface area contributed by atoms with Crippen LogP contribution >= 0.6 is 23.5 Å². The molecule has 0 radical (unpaired) electrons. The van der Waals surface area contributed by atoms with Gasteiger partial charge in [0.1, 0.15) is 5.03 Å². The van der Waals surface area contributed by atoms with Crippen LogP contribution in [-0.2, 0) is 12.6 Å². The Kier molecular flexibility index (Phi) is 4.11. The summed E-state index contributed by atoms with van der Waals surface area (Å²) in [6.45, 7) is 2.11.